The maximum atomic E-state index is 5.80. The van der Waals surface area contributed by atoms with Crippen LogP contribution in [0.3, 0.4) is 0 Å². The van der Waals surface area contributed by atoms with Gasteiger partial charge >= 0.3 is 0 Å². The van der Waals surface area contributed by atoms with Gasteiger partial charge in [0.25, 0.3) is 0 Å². The number of halogens is 2. The van der Waals surface area contributed by atoms with Gasteiger partial charge < -0.3 is 4.74 Å². The fourth-order valence-corrected chi connectivity index (χ4v) is 1.89. The van der Waals surface area contributed by atoms with Gasteiger partial charge in [-0.1, -0.05) is 27.5 Å². The Morgan fingerprint density at radius 2 is 2.14 bits per heavy atom. The summed E-state index contributed by atoms with van der Waals surface area (Å²) >= 11 is 9.18. The molecular weight excluding hydrogens is 265 g/mol. The molecule has 14 heavy (non-hydrogen) atoms. The van der Waals surface area contributed by atoms with Crippen LogP contribution in [-0.4, -0.2) is 12.1 Å². The van der Waals surface area contributed by atoms with Crippen molar-refractivity contribution in [2.75, 3.05) is 7.11 Å². The lowest BCUT2D eigenvalue weighted by Crippen LogP contribution is -1.87. The molecule has 1 heterocycles. The fourth-order valence-electron chi connectivity index (χ4n) is 1.31. The van der Waals surface area contributed by atoms with E-state index in [4.69, 9.17) is 16.3 Å². The second-order valence-electron chi connectivity index (χ2n) is 2.81. The highest BCUT2D eigenvalue weighted by Gasteiger charge is 2.04. The molecule has 0 radical (unpaired) electrons. The van der Waals surface area contributed by atoms with E-state index in [1.807, 2.05) is 18.2 Å². The number of benzene rings is 1. The average molecular weight is 273 g/mol. The molecule has 2 nitrogen and oxygen atoms in total. The van der Waals surface area contributed by atoms with E-state index in [-0.39, 0.29) is 0 Å². The quantitative estimate of drug-likeness (QED) is 0.739. The molecule has 0 aliphatic carbocycles. The van der Waals surface area contributed by atoms with E-state index >= 15 is 0 Å². The first-order valence-corrected chi connectivity index (χ1v) is 5.17. The normalized spacial score (nSPS) is 10.5. The van der Waals surface area contributed by atoms with Crippen LogP contribution in [0.4, 0.5) is 0 Å². The fraction of sp³-hybridized carbons (Fsp3) is 0.100. The van der Waals surface area contributed by atoms with Crippen molar-refractivity contribution >= 4 is 38.4 Å². The van der Waals surface area contributed by atoms with E-state index in [9.17, 15) is 0 Å². The third-order valence-corrected chi connectivity index (χ3v) is 2.59. The Hall–Kier alpha value is -0.800. The van der Waals surface area contributed by atoms with Crippen molar-refractivity contribution in [1.29, 1.82) is 0 Å². The molecule has 2 rings (SSSR count). The average Bonchev–Trinajstić information content (AvgIpc) is 2.15. The molecule has 0 bridgehead atoms. The highest BCUT2D eigenvalue weighted by Crippen LogP contribution is 2.29. The maximum absolute atomic E-state index is 5.80. The minimum absolute atomic E-state index is 0.484. The zero-order chi connectivity index (χ0) is 10.1. The lowest BCUT2D eigenvalue weighted by molar-refractivity contribution is 0.419. The molecule has 0 aliphatic rings. The number of methoxy groups -OCH3 is 1. The van der Waals surface area contributed by atoms with Gasteiger partial charge in [-0.2, -0.15) is 0 Å². The first kappa shape index (κ1) is 9.74. The molecule has 4 heteroatoms. The summed E-state index contributed by atoms with van der Waals surface area (Å²) < 4.78 is 6.16. The largest absolute Gasteiger partial charge is 0.496 e. The van der Waals surface area contributed by atoms with E-state index < -0.39 is 0 Å². The smallest absolute Gasteiger partial charge is 0.129 e. The number of ether oxygens (including phenoxy) is 1. The molecule has 0 aliphatic heterocycles. The predicted octanol–water partition coefficient (Wildman–Crippen LogP) is 3.66. The van der Waals surface area contributed by atoms with Crippen molar-refractivity contribution in [2.24, 2.45) is 0 Å². The molecule has 0 saturated heterocycles. The Morgan fingerprint density at radius 1 is 1.36 bits per heavy atom. The highest BCUT2D eigenvalue weighted by molar-refractivity contribution is 9.10. The van der Waals surface area contributed by atoms with Gasteiger partial charge in [-0.25, -0.2) is 4.98 Å². The van der Waals surface area contributed by atoms with Crippen LogP contribution in [0, 0.1) is 0 Å². The Morgan fingerprint density at radius 3 is 2.86 bits per heavy atom. The van der Waals surface area contributed by atoms with Gasteiger partial charge in [-0.15, -0.1) is 0 Å². The van der Waals surface area contributed by atoms with Crippen LogP contribution in [0.25, 0.3) is 10.9 Å². The monoisotopic (exact) mass is 271 g/mol. The number of hydrogen-bond acceptors (Lipinski definition) is 2. The summed E-state index contributed by atoms with van der Waals surface area (Å²) in [7, 11) is 1.63. The van der Waals surface area contributed by atoms with Crippen LogP contribution in [0.15, 0.2) is 28.7 Å². The summed E-state index contributed by atoms with van der Waals surface area (Å²) in [6.45, 7) is 0. The van der Waals surface area contributed by atoms with Gasteiger partial charge in [0, 0.05) is 9.86 Å². The van der Waals surface area contributed by atoms with Crippen LogP contribution >= 0.6 is 27.5 Å². The molecule has 0 saturated carbocycles. The third-order valence-electron chi connectivity index (χ3n) is 1.92. The second kappa shape index (κ2) is 3.75. The van der Waals surface area contributed by atoms with Crippen molar-refractivity contribution in [3.63, 3.8) is 0 Å². The summed E-state index contributed by atoms with van der Waals surface area (Å²) in [5, 5.41) is 1.44. The standard InChI is InChI=1S/C10H7BrClNO/c1-14-9-5-6(11)4-8-7(9)2-3-10(12)13-8/h2-5H,1H3. The van der Waals surface area contributed by atoms with Gasteiger partial charge in [-0.05, 0) is 24.3 Å². The Labute approximate surface area is 95.0 Å². The van der Waals surface area contributed by atoms with Crippen molar-refractivity contribution in [3.05, 3.63) is 33.9 Å². The van der Waals surface area contributed by atoms with Crippen molar-refractivity contribution in [2.45, 2.75) is 0 Å². The van der Waals surface area contributed by atoms with Gasteiger partial charge in [0.2, 0.25) is 0 Å². The molecule has 0 spiro atoms. The Balaban J connectivity index is 2.81. The molecule has 2 aromatic rings. The first-order valence-electron chi connectivity index (χ1n) is 4.00. The number of hydrogen-bond donors (Lipinski definition) is 0. The van der Waals surface area contributed by atoms with Gasteiger partial charge in [0.05, 0.1) is 12.6 Å². The molecular formula is C10H7BrClNO. The lowest BCUT2D eigenvalue weighted by atomic mass is 10.2. The van der Waals surface area contributed by atoms with E-state index in [1.54, 1.807) is 13.2 Å². The number of nitrogens with zero attached hydrogens (tertiary/aromatic N) is 1. The molecule has 0 fully saturated rings. The summed E-state index contributed by atoms with van der Waals surface area (Å²) in [5.74, 6) is 0.790. The first-order chi connectivity index (χ1) is 6.70. The van der Waals surface area contributed by atoms with E-state index in [2.05, 4.69) is 20.9 Å². The predicted molar refractivity (Wildman–Crippen MR) is 61.0 cm³/mol. The molecule has 0 atom stereocenters. The minimum Gasteiger partial charge on any atom is -0.496 e. The van der Waals surface area contributed by atoms with E-state index in [1.165, 1.54) is 0 Å². The number of pyridine rings is 1. The van der Waals surface area contributed by atoms with Crippen molar-refractivity contribution in [1.82, 2.24) is 4.98 Å². The van der Waals surface area contributed by atoms with Crippen LogP contribution in [0.1, 0.15) is 0 Å². The Bertz CT molecular complexity index is 482. The number of fused-ring (bicyclic) bond motifs is 1. The number of rotatable bonds is 1. The van der Waals surface area contributed by atoms with Crippen molar-refractivity contribution in [3.8, 4) is 5.75 Å². The summed E-state index contributed by atoms with van der Waals surface area (Å²) in [5.41, 5.74) is 0.823. The van der Waals surface area contributed by atoms with E-state index in [0.29, 0.717) is 5.15 Å². The third kappa shape index (κ3) is 1.70. The molecule has 0 amide bonds. The van der Waals surface area contributed by atoms with E-state index in [0.717, 1.165) is 21.1 Å². The lowest BCUT2D eigenvalue weighted by Gasteiger charge is -2.05. The van der Waals surface area contributed by atoms with Gasteiger partial charge in [-0.3, -0.25) is 0 Å². The zero-order valence-electron chi connectivity index (χ0n) is 7.42. The zero-order valence-corrected chi connectivity index (χ0v) is 9.76. The SMILES string of the molecule is COc1cc(Br)cc2nc(Cl)ccc12. The van der Waals surface area contributed by atoms with Gasteiger partial charge in [0.1, 0.15) is 10.9 Å². The van der Waals surface area contributed by atoms with Crippen LogP contribution in [0.5, 0.6) is 5.75 Å². The second-order valence-corrected chi connectivity index (χ2v) is 4.11. The molecule has 1 aromatic carbocycles. The van der Waals surface area contributed by atoms with Crippen LogP contribution in [0.2, 0.25) is 5.15 Å². The molecule has 0 N–H and O–H groups in total. The Kier molecular flexibility index (Phi) is 2.61. The van der Waals surface area contributed by atoms with Crippen LogP contribution < -0.4 is 4.74 Å². The number of aromatic nitrogens is 1. The summed E-state index contributed by atoms with van der Waals surface area (Å²) in [6.07, 6.45) is 0. The summed E-state index contributed by atoms with van der Waals surface area (Å²) in [4.78, 5) is 4.20. The minimum atomic E-state index is 0.484. The summed E-state index contributed by atoms with van der Waals surface area (Å²) in [6, 6.07) is 7.46. The molecule has 1 aromatic heterocycles. The maximum Gasteiger partial charge on any atom is 0.129 e. The molecule has 72 valence electrons. The topological polar surface area (TPSA) is 22.1 Å². The van der Waals surface area contributed by atoms with Gasteiger partial charge in [0.15, 0.2) is 0 Å². The van der Waals surface area contributed by atoms with Crippen molar-refractivity contribution < 1.29 is 4.74 Å². The molecule has 0 unspecified atom stereocenters. The highest BCUT2D eigenvalue weighted by atomic mass is 79.9. The van der Waals surface area contributed by atoms with Crippen LogP contribution in [-0.2, 0) is 0 Å².